The largest absolute Gasteiger partial charge is 0.454 e. The summed E-state index contributed by atoms with van der Waals surface area (Å²) in [4.78, 5) is 11.6. The minimum Gasteiger partial charge on any atom is -0.454 e. The molecule has 1 N–H and O–H groups in total. The van der Waals surface area contributed by atoms with Crippen LogP contribution in [-0.2, 0) is 9.53 Å². The minimum absolute atomic E-state index is 0.164. The first kappa shape index (κ1) is 12.0. The second-order valence-corrected chi connectivity index (χ2v) is 3.96. The van der Waals surface area contributed by atoms with Crippen LogP contribution in [0.15, 0.2) is 12.1 Å². The van der Waals surface area contributed by atoms with E-state index < -0.39 is 6.10 Å². The minimum atomic E-state index is -0.545. The molecule has 1 aromatic carbocycles. The standard InChI is InChI=1S/C11H12ClNO4/c1-6(15-2)11(14)13-8-4-10-9(3-7(8)12)16-5-17-10/h3-4,6H,5H2,1-2H3,(H,13,14). The molecule has 1 atom stereocenters. The number of methoxy groups -OCH3 is 1. The molecule has 1 aliphatic heterocycles. The van der Waals surface area contributed by atoms with E-state index in [9.17, 15) is 4.79 Å². The lowest BCUT2D eigenvalue weighted by molar-refractivity contribution is -0.124. The van der Waals surface area contributed by atoms with Crippen LogP contribution in [0.5, 0.6) is 11.5 Å². The first-order chi connectivity index (χ1) is 8.11. The summed E-state index contributed by atoms with van der Waals surface area (Å²) in [7, 11) is 1.46. The Morgan fingerprint density at radius 1 is 1.47 bits per heavy atom. The monoisotopic (exact) mass is 257 g/mol. The highest BCUT2D eigenvalue weighted by Gasteiger charge is 2.19. The van der Waals surface area contributed by atoms with Gasteiger partial charge in [0.15, 0.2) is 11.5 Å². The van der Waals surface area contributed by atoms with Crippen molar-refractivity contribution >= 4 is 23.2 Å². The highest BCUT2D eigenvalue weighted by atomic mass is 35.5. The third-order valence-electron chi connectivity index (χ3n) is 2.44. The zero-order valence-electron chi connectivity index (χ0n) is 9.45. The van der Waals surface area contributed by atoms with Gasteiger partial charge in [0.2, 0.25) is 6.79 Å². The molecular weight excluding hydrogens is 246 g/mol. The van der Waals surface area contributed by atoms with Gasteiger partial charge in [0.1, 0.15) is 6.10 Å². The molecule has 0 aromatic heterocycles. The number of hydrogen-bond donors (Lipinski definition) is 1. The number of halogens is 1. The van der Waals surface area contributed by atoms with Crippen LogP contribution in [0.1, 0.15) is 6.92 Å². The number of carbonyl (C=O) groups is 1. The zero-order valence-corrected chi connectivity index (χ0v) is 10.2. The highest BCUT2D eigenvalue weighted by Crippen LogP contribution is 2.39. The fraction of sp³-hybridized carbons (Fsp3) is 0.364. The van der Waals surface area contributed by atoms with E-state index in [1.165, 1.54) is 7.11 Å². The molecule has 1 heterocycles. The summed E-state index contributed by atoms with van der Waals surface area (Å²) >= 11 is 6.01. The van der Waals surface area contributed by atoms with E-state index in [-0.39, 0.29) is 12.7 Å². The Hall–Kier alpha value is -1.46. The summed E-state index contributed by atoms with van der Waals surface area (Å²) in [5, 5.41) is 3.05. The van der Waals surface area contributed by atoms with Crippen molar-refractivity contribution in [1.82, 2.24) is 0 Å². The van der Waals surface area contributed by atoms with E-state index in [1.807, 2.05) is 0 Å². The van der Waals surface area contributed by atoms with E-state index in [2.05, 4.69) is 5.32 Å². The Morgan fingerprint density at radius 3 is 2.76 bits per heavy atom. The van der Waals surface area contributed by atoms with Crippen LogP contribution in [0, 0.1) is 0 Å². The number of hydrogen-bond acceptors (Lipinski definition) is 4. The lowest BCUT2D eigenvalue weighted by atomic mass is 10.2. The molecule has 0 fully saturated rings. The molecule has 2 rings (SSSR count). The fourth-order valence-corrected chi connectivity index (χ4v) is 1.56. The van der Waals surface area contributed by atoms with Crippen LogP contribution in [0.3, 0.4) is 0 Å². The van der Waals surface area contributed by atoms with Gasteiger partial charge in [-0.25, -0.2) is 0 Å². The van der Waals surface area contributed by atoms with Crippen molar-refractivity contribution in [3.63, 3.8) is 0 Å². The number of benzene rings is 1. The van der Waals surface area contributed by atoms with Gasteiger partial charge >= 0.3 is 0 Å². The average molecular weight is 258 g/mol. The van der Waals surface area contributed by atoms with Gasteiger partial charge in [0.05, 0.1) is 10.7 Å². The SMILES string of the molecule is COC(C)C(=O)Nc1cc2c(cc1Cl)OCO2. The van der Waals surface area contributed by atoms with Crippen LogP contribution in [0.25, 0.3) is 0 Å². The van der Waals surface area contributed by atoms with E-state index in [1.54, 1.807) is 19.1 Å². The molecule has 1 aliphatic rings. The number of anilines is 1. The highest BCUT2D eigenvalue weighted by molar-refractivity contribution is 6.34. The molecular formula is C11H12ClNO4. The van der Waals surface area contributed by atoms with Crippen molar-refractivity contribution in [2.75, 3.05) is 19.2 Å². The second-order valence-electron chi connectivity index (χ2n) is 3.55. The van der Waals surface area contributed by atoms with Gasteiger partial charge in [-0.3, -0.25) is 4.79 Å². The van der Waals surface area contributed by atoms with Gasteiger partial charge in [-0.2, -0.15) is 0 Å². The van der Waals surface area contributed by atoms with Crippen LogP contribution in [0.4, 0.5) is 5.69 Å². The zero-order chi connectivity index (χ0) is 12.4. The van der Waals surface area contributed by atoms with Crippen molar-refractivity contribution in [3.8, 4) is 11.5 Å². The maximum Gasteiger partial charge on any atom is 0.253 e. The maximum atomic E-state index is 11.6. The van der Waals surface area contributed by atoms with Crippen LogP contribution in [-0.4, -0.2) is 25.9 Å². The summed E-state index contributed by atoms with van der Waals surface area (Å²) in [6.45, 7) is 1.81. The first-order valence-corrected chi connectivity index (χ1v) is 5.42. The fourth-order valence-electron chi connectivity index (χ4n) is 1.35. The number of amides is 1. The van der Waals surface area contributed by atoms with Crippen molar-refractivity contribution < 1.29 is 19.0 Å². The van der Waals surface area contributed by atoms with Crippen LogP contribution >= 0.6 is 11.6 Å². The number of ether oxygens (including phenoxy) is 3. The Balaban J connectivity index is 2.19. The molecule has 1 unspecified atom stereocenters. The summed E-state index contributed by atoms with van der Waals surface area (Å²) in [6.07, 6.45) is -0.545. The van der Waals surface area contributed by atoms with E-state index in [0.29, 0.717) is 22.2 Å². The molecule has 17 heavy (non-hydrogen) atoms. The summed E-state index contributed by atoms with van der Waals surface area (Å²) in [6, 6.07) is 3.24. The second kappa shape index (κ2) is 4.81. The van der Waals surface area contributed by atoms with Crippen molar-refractivity contribution in [2.24, 2.45) is 0 Å². The van der Waals surface area contributed by atoms with Crippen LogP contribution in [0.2, 0.25) is 5.02 Å². The Labute approximate surface area is 104 Å². The molecule has 6 heteroatoms. The summed E-state index contributed by atoms with van der Waals surface area (Å²) < 4.78 is 15.3. The summed E-state index contributed by atoms with van der Waals surface area (Å²) in [5.74, 6) is 0.871. The van der Waals surface area contributed by atoms with Crippen molar-refractivity contribution in [2.45, 2.75) is 13.0 Å². The quantitative estimate of drug-likeness (QED) is 0.900. The Kier molecular flexibility index (Phi) is 3.40. The van der Waals surface area contributed by atoms with Gasteiger partial charge < -0.3 is 19.5 Å². The molecule has 0 spiro atoms. The number of fused-ring (bicyclic) bond motifs is 1. The normalized spacial score (nSPS) is 14.5. The number of nitrogens with one attached hydrogen (secondary N) is 1. The van der Waals surface area contributed by atoms with Crippen molar-refractivity contribution in [1.29, 1.82) is 0 Å². The summed E-state index contributed by atoms with van der Waals surface area (Å²) in [5.41, 5.74) is 0.477. The first-order valence-electron chi connectivity index (χ1n) is 5.04. The van der Waals surface area contributed by atoms with Gasteiger partial charge in [0.25, 0.3) is 5.91 Å². The predicted molar refractivity (Wildman–Crippen MR) is 62.7 cm³/mol. The van der Waals surface area contributed by atoms with Gasteiger partial charge in [-0.05, 0) is 6.92 Å². The van der Waals surface area contributed by atoms with Crippen LogP contribution < -0.4 is 14.8 Å². The van der Waals surface area contributed by atoms with E-state index in [0.717, 1.165) is 0 Å². The molecule has 0 radical (unpaired) electrons. The molecule has 0 aliphatic carbocycles. The van der Waals surface area contributed by atoms with E-state index >= 15 is 0 Å². The lowest BCUT2D eigenvalue weighted by Crippen LogP contribution is -2.26. The molecule has 92 valence electrons. The topological polar surface area (TPSA) is 56.8 Å². The van der Waals surface area contributed by atoms with Crippen molar-refractivity contribution in [3.05, 3.63) is 17.2 Å². The molecule has 5 nitrogen and oxygen atoms in total. The van der Waals surface area contributed by atoms with E-state index in [4.69, 9.17) is 25.8 Å². The Bertz CT molecular complexity index is 449. The smallest absolute Gasteiger partial charge is 0.253 e. The molecule has 0 bridgehead atoms. The third-order valence-corrected chi connectivity index (χ3v) is 2.76. The molecule has 0 saturated heterocycles. The maximum absolute atomic E-state index is 11.6. The molecule has 1 amide bonds. The predicted octanol–water partition coefficient (Wildman–Crippen LogP) is 2.04. The lowest BCUT2D eigenvalue weighted by Gasteiger charge is -2.12. The average Bonchev–Trinajstić information content (AvgIpc) is 2.75. The molecule has 1 aromatic rings. The van der Waals surface area contributed by atoms with Gasteiger partial charge in [0, 0.05) is 19.2 Å². The van der Waals surface area contributed by atoms with Gasteiger partial charge in [-0.1, -0.05) is 11.6 Å². The number of rotatable bonds is 3. The number of carbonyl (C=O) groups excluding carboxylic acids is 1. The third kappa shape index (κ3) is 2.45. The molecule has 0 saturated carbocycles. The van der Waals surface area contributed by atoms with Gasteiger partial charge in [-0.15, -0.1) is 0 Å². The Morgan fingerprint density at radius 2 is 2.12 bits per heavy atom.